The number of amides is 1. The van der Waals surface area contributed by atoms with Crippen LogP contribution in [-0.2, 0) is 11.8 Å². The Labute approximate surface area is 112 Å². The van der Waals surface area contributed by atoms with Gasteiger partial charge in [-0.15, -0.1) is 0 Å². The molecule has 5 heteroatoms. The quantitative estimate of drug-likeness (QED) is 0.873. The highest BCUT2D eigenvalue weighted by Gasteiger charge is 2.27. The summed E-state index contributed by atoms with van der Waals surface area (Å²) in [6.45, 7) is 1.95. The summed E-state index contributed by atoms with van der Waals surface area (Å²) < 4.78 is 1.86. The van der Waals surface area contributed by atoms with Gasteiger partial charge in [-0.05, 0) is 44.7 Å². The molecule has 1 aliphatic rings. The predicted molar refractivity (Wildman–Crippen MR) is 71.0 cm³/mol. The molecule has 104 valence electrons. The molecule has 0 unspecified atom stereocenters. The van der Waals surface area contributed by atoms with Gasteiger partial charge in [0.1, 0.15) is 5.69 Å². The van der Waals surface area contributed by atoms with Crippen LogP contribution in [0.1, 0.15) is 41.9 Å². The SMILES string of the molecule is Cc1ccc(C(=O)NC2CCC(C(=O)O)CC2)n1C. The van der Waals surface area contributed by atoms with E-state index in [9.17, 15) is 9.59 Å². The highest BCUT2D eigenvalue weighted by molar-refractivity contribution is 5.93. The molecule has 1 aromatic heterocycles. The topological polar surface area (TPSA) is 71.3 Å². The largest absolute Gasteiger partial charge is 0.481 e. The standard InChI is InChI=1S/C14H20N2O3/c1-9-3-8-12(16(9)2)13(17)15-11-6-4-10(5-7-11)14(18)19/h3,8,10-11H,4-7H2,1-2H3,(H,15,17)(H,18,19). The Bertz CT molecular complexity index is 485. The van der Waals surface area contributed by atoms with Crippen LogP contribution < -0.4 is 5.32 Å². The van der Waals surface area contributed by atoms with E-state index in [1.807, 2.05) is 30.7 Å². The average Bonchev–Trinajstić information content (AvgIpc) is 2.70. The lowest BCUT2D eigenvalue weighted by atomic mass is 9.86. The Morgan fingerprint density at radius 3 is 2.37 bits per heavy atom. The molecule has 0 radical (unpaired) electrons. The zero-order valence-electron chi connectivity index (χ0n) is 11.3. The number of aryl methyl sites for hydroxylation is 1. The first-order valence-electron chi connectivity index (χ1n) is 6.65. The van der Waals surface area contributed by atoms with Crippen LogP contribution in [0.15, 0.2) is 12.1 Å². The maximum Gasteiger partial charge on any atom is 0.306 e. The number of aliphatic carboxylic acids is 1. The summed E-state index contributed by atoms with van der Waals surface area (Å²) in [5, 5.41) is 11.9. The number of carboxylic acids is 1. The lowest BCUT2D eigenvalue weighted by Crippen LogP contribution is -2.39. The maximum atomic E-state index is 12.1. The number of nitrogens with one attached hydrogen (secondary N) is 1. The first-order chi connectivity index (χ1) is 8.99. The molecular formula is C14H20N2O3. The molecule has 0 aliphatic heterocycles. The van der Waals surface area contributed by atoms with Crippen molar-refractivity contribution >= 4 is 11.9 Å². The average molecular weight is 264 g/mol. The molecule has 5 nitrogen and oxygen atoms in total. The maximum absolute atomic E-state index is 12.1. The second-order valence-electron chi connectivity index (χ2n) is 5.28. The zero-order chi connectivity index (χ0) is 14.0. The van der Waals surface area contributed by atoms with Crippen molar-refractivity contribution in [3.8, 4) is 0 Å². The molecule has 2 N–H and O–H groups in total. The van der Waals surface area contributed by atoms with Crippen molar-refractivity contribution in [2.45, 2.75) is 38.6 Å². The second-order valence-corrected chi connectivity index (χ2v) is 5.28. The van der Waals surface area contributed by atoms with E-state index in [0.717, 1.165) is 18.5 Å². The molecule has 0 spiro atoms. The van der Waals surface area contributed by atoms with Gasteiger partial charge in [0.15, 0.2) is 0 Å². The van der Waals surface area contributed by atoms with Crippen LogP contribution in [0.4, 0.5) is 0 Å². The number of aromatic nitrogens is 1. The minimum Gasteiger partial charge on any atom is -0.481 e. The van der Waals surface area contributed by atoms with Crippen LogP contribution >= 0.6 is 0 Å². The van der Waals surface area contributed by atoms with Gasteiger partial charge in [0.05, 0.1) is 5.92 Å². The number of carbonyl (C=O) groups excluding carboxylic acids is 1. The normalized spacial score (nSPS) is 23.1. The molecule has 0 atom stereocenters. The third-order valence-electron chi connectivity index (χ3n) is 4.02. The number of carboxylic acid groups (broad SMARTS) is 1. The molecule has 0 bridgehead atoms. The van der Waals surface area contributed by atoms with Gasteiger partial charge in [0.25, 0.3) is 5.91 Å². The number of hydrogen-bond acceptors (Lipinski definition) is 2. The molecule has 1 fully saturated rings. The Morgan fingerprint density at radius 2 is 1.89 bits per heavy atom. The molecule has 1 aromatic rings. The van der Waals surface area contributed by atoms with E-state index in [1.165, 1.54) is 0 Å². The summed E-state index contributed by atoms with van der Waals surface area (Å²) in [4.78, 5) is 23.0. The van der Waals surface area contributed by atoms with Crippen molar-refractivity contribution < 1.29 is 14.7 Å². The lowest BCUT2D eigenvalue weighted by molar-refractivity contribution is -0.142. The van der Waals surface area contributed by atoms with Gasteiger partial charge in [-0.3, -0.25) is 9.59 Å². The number of rotatable bonds is 3. The van der Waals surface area contributed by atoms with Gasteiger partial charge in [0.2, 0.25) is 0 Å². The van der Waals surface area contributed by atoms with Gasteiger partial charge < -0.3 is 15.0 Å². The molecule has 0 aromatic carbocycles. The molecule has 19 heavy (non-hydrogen) atoms. The molecule has 1 amide bonds. The van der Waals surface area contributed by atoms with E-state index in [4.69, 9.17) is 5.11 Å². The Kier molecular flexibility index (Phi) is 3.93. The van der Waals surface area contributed by atoms with Gasteiger partial charge >= 0.3 is 5.97 Å². The second kappa shape index (κ2) is 5.47. The Morgan fingerprint density at radius 1 is 1.26 bits per heavy atom. The van der Waals surface area contributed by atoms with Crippen molar-refractivity contribution in [2.24, 2.45) is 13.0 Å². The van der Waals surface area contributed by atoms with Gasteiger partial charge in [-0.25, -0.2) is 0 Å². The summed E-state index contributed by atoms with van der Waals surface area (Å²) in [6, 6.07) is 3.82. The minimum atomic E-state index is -0.720. The lowest BCUT2D eigenvalue weighted by Gasteiger charge is -2.26. The fraction of sp³-hybridized carbons (Fsp3) is 0.571. The fourth-order valence-corrected chi connectivity index (χ4v) is 2.59. The van der Waals surface area contributed by atoms with Crippen molar-refractivity contribution in [2.75, 3.05) is 0 Å². The molecule has 1 aliphatic carbocycles. The zero-order valence-corrected chi connectivity index (χ0v) is 11.3. The van der Waals surface area contributed by atoms with E-state index in [0.29, 0.717) is 18.5 Å². The highest BCUT2D eigenvalue weighted by Crippen LogP contribution is 2.24. The predicted octanol–water partition coefficient (Wildman–Crippen LogP) is 1.71. The van der Waals surface area contributed by atoms with E-state index >= 15 is 0 Å². The summed E-state index contributed by atoms with van der Waals surface area (Å²) >= 11 is 0. The summed E-state index contributed by atoms with van der Waals surface area (Å²) in [5.41, 5.74) is 1.69. The van der Waals surface area contributed by atoms with E-state index in [-0.39, 0.29) is 17.9 Å². The van der Waals surface area contributed by atoms with Crippen LogP contribution in [0.3, 0.4) is 0 Å². The van der Waals surface area contributed by atoms with Crippen molar-refractivity contribution in [3.05, 3.63) is 23.5 Å². The third kappa shape index (κ3) is 2.97. The molecule has 2 rings (SSSR count). The highest BCUT2D eigenvalue weighted by atomic mass is 16.4. The number of nitrogens with zero attached hydrogens (tertiary/aromatic N) is 1. The molecular weight excluding hydrogens is 244 g/mol. The number of carbonyl (C=O) groups is 2. The fourth-order valence-electron chi connectivity index (χ4n) is 2.59. The summed E-state index contributed by atoms with van der Waals surface area (Å²) in [7, 11) is 1.87. The molecule has 1 heterocycles. The van der Waals surface area contributed by atoms with Crippen LogP contribution in [0, 0.1) is 12.8 Å². The van der Waals surface area contributed by atoms with Crippen molar-refractivity contribution in [1.82, 2.24) is 9.88 Å². The van der Waals surface area contributed by atoms with Crippen LogP contribution in [0.2, 0.25) is 0 Å². The third-order valence-corrected chi connectivity index (χ3v) is 4.02. The van der Waals surface area contributed by atoms with Crippen molar-refractivity contribution in [1.29, 1.82) is 0 Å². The number of hydrogen-bond donors (Lipinski definition) is 2. The summed E-state index contributed by atoms with van der Waals surface area (Å²) in [5.74, 6) is -1.04. The molecule has 0 saturated heterocycles. The smallest absolute Gasteiger partial charge is 0.306 e. The van der Waals surface area contributed by atoms with E-state index < -0.39 is 5.97 Å². The van der Waals surface area contributed by atoms with E-state index in [2.05, 4.69) is 5.32 Å². The van der Waals surface area contributed by atoms with Gasteiger partial charge in [-0.2, -0.15) is 0 Å². The minimum absolute atomic E-state index is 0.0747. The van der Waals surface area contributed by atoms with E-state index in [1.54, 1.807) is 0 Å². The van der Waals surface area contributed by atoms with Crippen LogP contribution in [-0.4, -0.2) is 27.6 Å². The van der Waals surface area contributed by atoms with Crippen LogP contribution in [0.5, 0.6) is 0 Å². The Balaban J connectivity index is 1.91. The van der Waals surface area contributed by atoms with Gasteiger partial charge in [0, 0.05) is 18.8 Å². The summed E-state index contributed by atoms with van der Waals surface area (Å²) in [6.07, 6.45) is 2.77. The van der Waals surface area contributed by atoms with Gasteiger partial charge in [-0.1, -0.05) is 0 Å². The van der Waals surface area contributed by atoms with Crippen LogP contribution in [0.25, 0.3) is 0 Å². The van der Waals surface area contributed by atoms with Crippen molar-refractivity contribution in [3.63, 3.8) is 0 Å². The first-order valence-corrected chi connectivity index (χ1v) is 6.65. The Hall–Kier alpha value is -1.78. The first kappa shape index (κ1) is 13.6. The monoisotopic (exact) mass is 264 g/mol. The molecule has 1 saturated carbocycles.